The fraction of sp³-hybridized carbons (Fsp3) is 0.333. The number of hydrogen-bond donors (Lipinski definition) is 1. The van der Waals surface area contributed by atoms with Gasteiger partial charge in [0, 0.05) is 11.6 Å². The lowest BCUT2D eigenvalue weighted by atomic mass is 10.1. The van der Waals surface area contributed by atoms with E-state index in [0.717, 1.165) is 30.5 Å². The highest BCUT2D eigenvalue weighted by molar-refractivity contribution is 6.18. The summed E-state index contributed by atoms with van der Waals surface area (Å²) in [7, 11) is 0. The molecule has 0 aliphatic carbocycles. The maximum absolute atomic E-state index is 5.76. The van der Waals surface area contributed by atoms with Crippen molar-refractivity contribution in [3.8, 4) is 0 Å². The van der Waals surface area contributed by atoms with Gasteiger partial charge in [-0.15, -0.1) is 18.2 Å². The van der Waals surface area contributed by atoms with Crippen molar-refractivity contribution in [2.75, 3.05) is 5.88 Å². The number of rotatable bonds is 7. The Kier molecular flexibility index (Phi) is 8.05. The third-order valence-corrected chi connectivity index (χ3v) is 1.98. The number of alkyl halides is 1. The van der Waals surface area contributed by atoms with Gasteiger partial charge in [0.15, 0.2) is 0 Å². The molecule has 0 radical (unpaired) electrons. The molecule has 0 aliphatic rings. The van der Waals surface area contributed by atoms with E-state index >= 15 is 0 Å². The van der Waals surface area contributed by atoms with Crippen molar-refractivity contribution in [1.82, 2.24) is 0 Å². The fourth-order valence-corrected chi connectivity index (χ4v) is 1.15. The molecule has 0 atom stereocenters. The van der Waals surface area contributed by atoms with Gasteiger partial charge in [-0.2, -0.15) is 0 Å². The lowest BCUT2D eigenvalue weighted by Crippen LogP contribution is -1.95. The van der Waals surface area contributed by atoms with Crippen LogP contribution in [-0.4, -0.2) is 5.88 Å². The van der Waals surface area contributed by atoms with Crippen LogP contribution in [0.25, 0.3) is 0 Å². The lowest BCUT2D eigenvalue weighted by Gasteiger charge is -1.98. The monoisotopic (exact) mass is 211 g/mol. The zero-order chi connectivity index (χ0) is 10.8. The highest BCUT2D eigenvalue weighted by Gasteiger charge is 1.90. The quantitative estimate of drug-likeness (QED) is 0.389. The first-order valence-electron chi connectivity index (χ1n) is 4.69. The molecule has 0 unspecified atom stereocenters. The third-order valence-electron chi connectivity index (χ3n) is 1.79. The van der Waals surface area contributed by atoms with Gasteiger partial charge in [-0.1, -0.05) is 24.8 Å². The van der Waals surface area contributed by atoms with Crippen molar-refractivity contribution in [3.63, 3.8) is 0 Å². The van der Waals surface area contributed by atoms with E-state index in [0.29, 0.717) is 5.88 Å². The molecule has 0 heterocycles. The van der Waals surface area contributed by atoms with Crippen molar-refractivity contribution in [3.05, 3.63) is 48.7 Å². The summed E-state index contributed by atoms with van der Waals surface area (Å²) in [5.41, 5.74) is 7.73. The Morgan fingerprint density at radius 2 is 1.93 bits per heavy atom. The van der Waals surface area contributed by atoms with Gasteiger partial charge in [-0.25, -0.2) is 0 Å². The molecular formula is C12H18ClN. The molecule has 0 aromatic heterocycles. The number of allylic oxidation sites excluding steroid dienone is 6. The van der Waals surface area contributed by atoms with E-state index in [4.69, 9.17) is 17.3 Å². The van der Waals surface area contributed by atoms with Crippen LogP contribution in [0, 0.1) is 0 Å². The van der Waals surface area contributed by atoms with Crippen LogP contribution >= 0.6 is 11.6 Å². The SMILES string of the molecule is C=CCC/C(N)=C\C=C(/C=C)CCCl. The summed E-state index contributed by atoms with van der Waals surface area (Å²) >= 11 is 5.62. The Balaban J connectivity index is 4.17. The molecule has 2 heteroatoms. The number of halogens is 1. The van der Waals surface area contributed by atoms with E-state index in [-0.39, 0.29) is 0 Å². The largest absolute Gasteiger partial charge is 0.402 e. The van der Waals surface area contributed by atoms with Gasteiger partial charge in [0.2, 0.25) is 0 Å². The fourth-order valence-electron chi connectivity index (χ4n) is 0.929. The maximum atomic E-state index is 5.76. The summed E-state index contributed by atoms with van der Waals surface area (Å²) in [6.45, 7) is 7.35. The van der Waals surface area contributed by atoms with Gasteiger partial charge in [0.05, 0.1) is 0 Å². The van der Waals surface area contributed by atoms with Crippen LogP contribution in [0.4, 0.5) is 0 Å². The van der Waals surface area contributed by atoms with Gasteiger partial charge >= 0.3 is 0 Å². The number of hydrogen-bond acceptors (Lipinski definition) is 1. The second kappa shape index (κ2) is 8.64. The standard InChI is InChI=1S/C12H18ClN/c1-3-5-6-12(14)8-7-11(4-2)9-10-13/h3-4,7-8H,1-2,5-6,9-10,14H2/b11-7+,12-8+. The summed E-state index contributed by atoms with van der Waals surface area (Å²) < 4.78 is 0. The first kappa shape index (κ1) is 13.1. The molecule has 78 valence electrons. The minimum absolute atomic E-state index is 0.609. The van der Waals surface area contributed by atoms with Crippen LogP contribution in [0.2, 0.25) is 0 Å². The van der Waals surface area contributed by atoms with Crippen molar-refractivity contribution >= 4 is 11.6 Å². The average molecular weight is 212 g/mol. The summed E-state index contributed by atoms with van der Waals surface area (Å²) in [4.78, 5) is 0. The van der Waals surface area contributed by atoms with E-state index in [1.54, 1.807) is 6.08 Å². The lowest BCUT2D eigenvalue weighted by molar-refractivity contribution is 0.961. The van der Waals surface area contributed by atoms with Gasteiger partial charge in [0.1, 0.15) is 0 Å². The summed E-state index contributed by atoms with van der Waals surface area (Å²) in [6.07, 6.45) is 10.1. The topological polar surface area (TPSA) is 26.0 Å². The van der Waals surface area contributed by atoms with Crippen LogP contribution in [0.5, 0.6) is 0 Å². The summed E-state index contributed by atoms with van der Waals surface area (Å²) in [5.74, 6) is 0.609. The molecule has 0 aromatic rings. The first-order valence-corrected chi connectivity index (χ1v) is 5.22. The van der Waals surface area contributed by atoms with Gasteiger partial charge in [0.25, 0.3) is 0 Å². The molecule has 2 N–H and O–H groups in total. The predicted molar refractivity (Wildman–Crippen MR) is 65.3 cm³/mol. The zero-order valence-corrected chi connectivity index (χ0v) is 9.26. The Morgan fingerprint density at radius 3 is 2.43 bits per heavy atom. The first-order chi connectivity index (χ1) is 6.74. The van der Waals surface area contributed by atoms with E-state index < -0.39 is 0 Å². The molecule has 0 aliphatic heterocycles. The Bertz CT molecular complexity index is 239. The van der Waals surface area contributed by atoms with Crippen LogP contribution in [0.15, 0.2) is 48.7 Å². The summed E-state index contributed by atoms with van der Waals surface area (Å²) in [6, 6.07) is 0. The molecule has 0 saturated heterocycles. The Hall–Kier alpha value is -0.950. The summed E-state index contributed by atoms with van der Waals surface area (Å²) in [5, 5.41) is 0. The second-order valence-electron chi connectivity index (χ2n) is 2.95. The van der Waals surface area contributed by atoms with Crippen molar-refractivity contribution < 1.29 is 0 Å². The van der Waals surface area contributed by atoms with Crippen LogP contribution in [0.1, 0.15) is 19.3 Å². The smallest absolute Gasteiger partial charge is 0.0263 e. The molecule has 1 nitrogen and oxygen atoms in total. The highest BCUT2D eigenvalue weighted by Crippen LogP contribution is 2.06. The Morgan fingerprint density at radius 1 is 1.21 bits per heavy atom. The molecule has 0 amide bonds. The van der Waals surface area contributed by atoms with E-state index in [9.17, 15) is 0 Å². The molecule has 14 heavy (non-hydrogen) atoms. The molecule has 0 spiro atoms. The van der Waals surface area contributed by atoms with Crippen LogP contribution < -0.4 is 5.73 Å². The molecule has 0 aromatic carbocycles. The van der Waals surface area contributed by atoms with E-state index in [1.807, 2.05) is 18.2 Å². The van der Waals surface area contributed by atoms with E-state index in [1.165, 1.54) is 0 Å². The van der Waals surface area contributed by atoms with Crippen molar-refractivity contribution in [2.45, 2.75) is 19.3 Å². The third kappa shape index (κ3) is 6.55. The minimum Gasteiger partial charge on any atom is -0.402 e. The van der Waals surface area contributed by atoms with Crippen molar-refractivity contribution in [2.24, 2.45) is 5.73 Å². The average Bonchev–Trinajstić information content (AvgIpc) is 2.21. The molecule has 0 rings (SSSR count). The normalized spacial score (nSPS) is 12.6. The molecule has 0 bridgehead atoms. The van der Waals surface area contributed by atoms with Gasteiger partial charge in [-0.3, -0.25) is 0 Å². The van der Waals surface area contributed by atoms with E-state index in [2.05, 4.69) is 13.2 Å². The van der Waals surface area contributed by atoms with Crippen LogP contribution in [0.3, 0.4) is 0 Å². The Labute approximate surface area is 91.6 Å². The van der Waals surface area contributed by atoms with Gasteiger partial charge in [-0.05, 0) is 30.9 Å². The molecular weight excluding hydrogens is 194 g/mol. The minimum atomic E-state index is 0.609. The van der Waals surface area contributed by atoms with Gasteiger partial charge < -0.3 is 5.73 Å². The molecule has 0 saturated carbocycles. The second-order valence-corrected chi connectivity index (χ2v) is 3.33. The van der Waals surface area contributed by atoms with Crippen LogP contribution in [-0.2, 0) is 0 Å². The van der Waals surface area contributed by atoms with Crippen molar-refractivity contribution in [1.29, 1.82) is 0 Å². The predicted octanol–water partition coefficient (Wildman–Crippen LogP) is 3.54. The number of nitrogens with two attached hydrogens (primary N) is 1. The highest BCUT2D eigenvalue weighted by atomic mass is 35.5. The zero-order valence-electron chi connectivity index (χ0n) is 8.51. The molecule has 0 fully saturated rings. The maximum Gasteiger partial charge on any atom is 0.0263 e.